The first-order chi connectivity index (χ1) is 13.7. The number of aromatic nitrogens is 1. The van der Waals surface area contributed by atoms with Crippen LogP contribution in [0.4, 0.5) is 5.82 Å². The zero-order chi connectivity index (χ0) is 19.5. The van der Waals surface area contributed by atoms with Crippen molar-refractivity contribution in [3.63, 3.8) is 0 Å². The fraction of sp³-hybridized carbons (Fsp3) is 0.348. The number of anilines is 1. The Balaban J connectivity index is 0.00000160. The summed E-state index contributed by atoms with van der Waals surface area (Å²) >= 11 is 0. The number of benzene rings is 2. The van der Waals surface area contributed by atoms with E-state index in [1.54, 1.807) is 14.2 Å². The molecule has 7 heteroatoms. The monoisotopic (exact) mass is 449 g/mol. The molecule has 0 N–H and O–H groups in total. The van der Waals surface area contributed by atoms with Crippen LogP contribution in [0, 0.1) is 0 Å². The quantitative estimate of drug-likeness (QED) is 0.553. The summed E-state index contributed by atoms with van der Waals surface area (Å²) in [6.07, 6.45) is 0. The molecule has 2 aromatic carbocycles. The molecule has 0 amide bonds. The Morgan fingerprint density at radius 3 is 2.30 bits per heavy atom. The van der Waals surface area contributed by atoms with E-state index in [2.05, 4.69) is 47.1 Å². The Bertz CT molecular complexity index is 976. The number of hydrogen-bond acceptors (Lipinski definition) is 5. The van der Waals surface area contributed by atoms with Crippen LogP contribution in [-0.4, -0.2) is 56.8 Å². The first-order valence-corrected chi connectivity index (χ1v) is 9.83. The SMILES string of the molecule is CCN1CCN(c2nc(-c3ccc(OC)cc3OC)cc3ccccc23)CC1.Cl.Cl. The van der Waals surface area contributed by atoms with Crippen LogP contribution < -0.4 is 14.4 Å². The number of fused-ring (bicyclic) bond motifs is 1. The zero-order valence-electron chi connectivity index (χ0n) is 17.6. The number of ether oxygens (including phenoxy) is 2. The van der Waals surface area contributed by atoms with Crippen LogP contribution in [-0.2, 0) is 0 Å². The summed E-state index contributed by atoms with van der Waals surface area (Å²) in [5.41, 5.74) is 1.90. The Kier molecular flexibility index (Phi) is 8.59. The van der Waals surface area contributed by atoms with Gasteiger partial charge in [0.2, 0.25) is 0 Å². The van der Waals surface area contributed by atoms with E-state index in [0.717, 1.165) is 61.3 Å². The largest absolute Gasteiger partial charge is 0.497 e. The molecule has 0 unspecified atom stereocenters. The minimum atomic E-state index is 0. The Morgan fingerprint density at radius 2 is 1.63 bits per heavy atom. The molecule has 0 atom stereocenters. The molecular weight excluding hydrogens is 421 g/mol. The van der Waals surface area contributed by atoms with Gasteiger partial charge in [-0.1, -0.05) is 31.2 Å². The fourth-order valence-corrected chi connectivity index (χ4v) is 3.85. The standard InChI is InChI=1S/C23H27N3O2.2ClH/c1-4-25-11-13-26(14-12-25)23-19-8-6-5-7-17(19)15-21(24-23)20-10-9-18(27-2)16-22(20)28-3;;/h5-10,15-16H,4,11-14H2,1-3H3;2*1H. The second-order valence-electron chi connectivity index (χ2n) is 7.04. The molecule has 4 rings (SSSR count). The van der Waals surface area contributed by atoms with E-state index in [0.29, 0.717) is 0 Å². The lowest BCUT2D eigenvalue weighted by atomic mass is 10.0. The molecule has 0 saturated carbocycles. The number of pyridine rings is 1. The molecule has 1 fully saturated rings. The average Bonchev–Trinajstić information content (AvgIpc) is 2.78. The molecule has 30 heavy (non-hydrogen) atoms. The third-order valence-corrected chi connectivity index (χ3v) is 5.52. The van der Waals surface area contributed by atoms with Gasteiger partial charge in [-0.05, 0) is 30.1 Å². The van der Waals surface area contributed by atoms with E-state index in [1.165, 1.54) is 10.8 Å². The van der Waals surface area contributed by atoms with Crippen LogP contribution in [0.5, 0.6) is 11.5 Å². The summed E-state index contributed by atoms with van der Waals surface area (Å²) in [7, 11) is 3.35. The van der Waals surface area contributed by atoms with Gasteiger partial charge in [0.1, 0.15) is 17.3 Å². The van der Waals surface area contributed by atoms with Gasteiger partial charge in [0, 0.05) is 43.2 Å². The van der Waals surface area contributed by atoms with Gasteiger partial charge in [0.05, 0.1) is 19.9 Å². The number of methoxy groups -OCH3 is 2. The van der Waals surface area contributed by atoms with E-state index in [9.17, 15) is 0 Å². The average molecular weight is 450 g/mol. The summed E-state index contributed by atoms with van der Waals surface area (Å²) in [5, 5.41) is 2.39. The highest BCUT2D eigenvalue weighted by molar-refractivity contribution is 5.95. The predicted molar refractivity (Wildman–Crippen MR) is 129 cm³/mol. The van der Waals surface area contributed by atoms with E-state index >= 15 is 0 Å². The van der Waals surface area contributed by atoms with Gasteiger partial charge in [-0.15, -0.1) is 24.8 Å². The molecule has 1 aromatic heterocycles. The summed E-state index contributed by atoms with van der Waals surface area (Å²) in [6.45, 7) is 7.46. The lowest BCUT2D eigenvalue weighted by Crippen LogP contribution is -2.46. The summed E-state index contributed by atoms with van der Waals surface area (Å²) in [4.78, 5) is 9.99. The maximum Gasteiger partial charge on any atom is 0.137 e. The Labute approximate surface area is 190 Å². The number of hydrogen-bond donors (Lipinski definition) is 0. The molecule has 1 saturated heterocycles. The molecule has 1 aliphatic rings. The summed E-state index contributed by atoms with van der Waals surface area (Å²) in [5.74, 6) is 2.60. The van der Waals surface area contributed by atoms with E-state index in [4.69, 9.17) is 14.5 Å². The van der Waals surface area contributed by atoms with Crippen molar-refractivity contribution in [1.82, 2.24) is 9.88 Å². The van der Waals surface area contributed by atoms with Crippen molar-refractivity contribution in [2.45, 2.75) is 6.92 Å². The molecule has 0 bridgehead atoms. The van der Waals surface area contributed by atoms with Crippen molar-refractivity contribution in [2.75, 3.05) is 51.8 Å². The first-order valence-electron chi connectivity index (χ1n) is 9.83. The van der Waals surface area contributed by atoms with Crippen LogP contribution in [0.1, 0.15) is 6.92 Å². The molecule has 162 valence electrons. The predicted octanol–water partition coefficient (Wildman–Crippen LogP) is 4.90. The number of nitrogens with zero attached hydrogens (tertiary/aromatic N) is 3. The van der Waals surface area contributed by atoms with Gasteiger partial charge in [0.25, 0.3) is 0 Å². The van der Waals surface area contributed by atoms with Crippen LogP contribution in [0.2, 0.25) is 0 Å². The number of halogens is 2. The van der Waals surface area contributed by atoms with Crippen LogP contribution in [0.15, 0.2) is 48.5 Å². The third-order valence-electron chi connectivity index (χ3n) is 5.52. The number of piperazine rings is 1. The minimum Gasteiger partial charge on any atom is -0.497 e. The lowest BCUT2D eigenvalue weighted by Gasteiger charge is -2.35. The van der Waals surface area contributed by atoms with Crippen molar-refractivity contribution in [1.29, 1.82) is 0 Å². The van der Waals surface area contributed by atoms with Gasteiger partial charge in [-0.2, -0.15) is 0 Å². The van der Waals surface area contributed by atoms with Crippen LogP contribution >= 0.6 is 24.8 Å². The Morgan fingerprint density at radius 1 is 0.900 bits per heavy atom. The molecule has 1 aliphatic heterocycles. The summed E-state index contributed by atoms with van der Waals surface area (Å²) in [6, 6.07) is 16.5. The second-order valence-corrected chi connectivity index (χ2v) is 7.04. The van der Waals surface area contributed by atoms with Crippen LogP contribution in [0.25, 0.3) is 22.0 Å². The van der Waals surface area contributed by atoms with Crippen molar-refractivity contribution < 1.29 is 9.47 Å². The van der Waals surface area contributed by atoms with E-state index in [1.807, 2.05) is 18.2 Å². The molecule has 0 spiro atoms. The molecule has 2 heterocycles. The smallest absolute Gasteiger partial charge is 0.137 e. The van der Waals surface area contributed by atoms with Crippen LogP contribution in [0.3, 0.4) is 0 Å². The number of likely N-dealkylation sites (N-methyl/N-ethyl adjacent to an activating group) is 1. The molecule has 0 radical (unpaired) electrons. The van der Waals surface area contributed by atoms with Gasteiger partial charge in [-0.25, -0.2) is 4.98 Å². The lowest BCUT2D eigenvalue weighted by molar-refractivity contribution is 0.271. The van der Waals surface area contributed by atoms with Crippen molar-refractivity contribution in [2.24, 2.45) is 0 Å². The van der Waals surface area contributed by atoms with Gasteiger partial charge in [0.15, 0.2) is 0 Å². The fourth-order valence-electron chi connectivity index (χ4n) is 3.85. The molecule has 5 nitrogen and oxygen atoms in total. The highest BCUT2D eigenvalue weighted by atomic mass is 35.5. The molecule has 0 aliphatic carbocycles. The third kappa shape index (κ3) is 4.75. The van der Waals surface area contributed by atoms with E-state index in [-0.39, 0.29) is 24.8 Å². The maximum atomic E-state index is 5.63. The van der Waals surface area contributed by atoms with Gasteiger partial charge in [-0.3, -0.25) is 0 Å². The number of rotatable bonds is 5. The maximum absolute atomic E-state index is 5.63. The topological polar surface area (TPSA) is 37.8 Å². The highest BCUT2D eigenvalue weighted by Crippen LogP contribution is 2.36. The minimum absolute atomic E-state index is 0. The highest BCUT2D eigenvalue weighted by Gasteiger charge is 2.20. The summed E-state index contributed by atoms with van der Waals surface area (Å²) < 4.78 is 11.0. The normalized spacial score (nSPS) is 14.0. The first kappa shape index (κ1) is 24.1. The Hall–Kier alpha value is -2.21. The zero-order valence-corrected chi connectivity index (χ0v) is 19.3. The molecular formula is C23H29Cl2N3O2. The van der Waals surface area contributed by atoms with Crippen molar-refractivity contribution >= 4 is 41.4 Å². The van der Waals surface area contributed by atoms with Crippen molar-refractivity contribution in [3.8, 4) is 22.8 Å². The van der Waals surface area contributed by atoms with Crippen molar-refractivity contribution in [3.05, 3.63) is 48.5 Å². The van der Waals surface area contributed by atoms with Gasteiger partial charge >= 0.3 is 0 Å². The van der Waals surface area contributed by atoms with Gasteiger partial charge < -0.3 is 19.3 Å². The second kappa shape index (κ2) is 10.7. The molecule has 3 aromatic rings. The van der Waals surface area contributed by atoms with E-state index < -0.39 is 0 Å².